The molecule has 1 aliphatic rings. The summed E-state index contributed by atoms with van der Waals surface area (Å²) in [6, 6.07) is 10.3. The van der Waals surface area contributed by atoms with E-state index in [9.17, 15) is 29.0 Å². The Labute approximate surface area is 248 Å². The largest absolute Gasteiger partial charge is 0.462 e. The summed E-state index contributed by atoms with van der Waals surface area (Å²) in [6.45, 7) is 7.96. The number of hydrogen-bond acceptors (Lipinski definition) is 12. The molecule has 1 saturated heterocycles. The van der Waals surface area contributed by atoms with E-state index in [2.05, 4.69) is 21.5 Å². The number of aromatic nitrogens is 2. The van der Waals surface area contributed by atoms with Gasteiger partial charge < -0.3 is 24.1 Å². The second-order valence-electron chi connectivity index (χ2n) is 10.2. The van der Waals surface area contributed by atoms with Crippen LogP contribution >= 0.6 is 7.75 Å². The number of nitriles is 1. The minimum Gasteiger partial charge on any atom is -0.462 e. The Kier molecular flexibility index (Phi) is 10.8. The minimum atomic E-state index is -4.35. The molecule has 16 heteroatoms. The fraction of sp³-hybridized carbons (Fsp3) is 0.481. The van der Waals surface area contributed by atoms with Gasteiger partial charge in [-0.25, -0.2) is 9.36 Å². The molecule has 0 bridgehead atoms. The highest BCUT2D eigenvalue weighted by atomic mass is 31.2. The molecule has 43 heavy (non-hydrogen) atoms. The fourth-order valence-corrected chi connectivity index (χ4v) is 5.73. The van der Waals surface area contributed by atoms with Gasteiger partial charge in [0.2, 0.25) is 5.91 Å². The van der Waals surface area contributed by atoms with Gasteiger partial charge in [-0.1, -0.05) is 18.2 Å². The van der Waals surface area contributed by atoms with Crippen molar-refractivity contribution >= 4 is 31.4 Å². The van der Waals surface area contributed by atoms with Crippen LogP contribution in [0.5, 0.6) is 5.75 Å². The maximum atomic E-state index is 13.9. The number of carbonyl (C=O) groups excluding carboxylic acids is 3. The van der Waals surface area contributed by atoms with E-state index in [-0.39, 0.29) is 11.6 Å². The van der Waals surface area contributed by atoms with Crippen molar-refractivity contribution in [1.82, 2.24) is 14.6 Å². The van der Waals surface area contributed by atoms with Crippen molar-refractivity contribution in [3.05, 3.63) is 53.1 Å². The summed E-state index contributed by atoms with van der Waals surface area (Å²) >= 11 is 0. The Morgan fingerprint density at radius 3 is 2.42 bits per heavy atom. The first-order valence-corrected chi connectivity index (χ1v) is 14.8. The fourth-order valence-electron chi connectivity index (χ4n) is 4.23. The third-order valence-electron chi connectivity index (χ3n) is 6.10. The summed E-state index contributed by atoms with van der Waals surface area (Å²) in [5.41, 5.74) is -2.52. The van der Waals surface area contributed by atoms with Crippen molar-refractivity contribution in [2.75, 3.05) is 11.9 Å². The number of rotatable bonds is 12. The van der Waals surface area contributed by atoms with Crippen LogP contribution in [0, 0.1) is 16.7 Å². The molecule has 1 amide bonds. The first-order valence-electron chi connectivity index (χ1n) is 13.3. The summed E-state index contributed by atoms with van der Waals surface area (Å²) in [4.78, 5) is 52.6. The summed E-state index contributed by atoms with van der Waals surface area (Å²) in [7, 11) is -4.35. The Morgan fingerprint density at radius 1 is 1.19 bits per heavy atom. The van der Waals surface area contributed by atoms with Crippen molar-refractivity contribution in [1.29, 1.82) is 5.26 Å². The lowest BCUT2D eigenvalue weighted by molar-refractivity contribution is -0.153. The second kappa shape index (κ2) is 13.9. The first-order chi connectivity index (χ1) is 20.2. The molecule has 0 radical (unpaired) electrons. The molecule has 0 spiro atoms. The number of benzene rings is 1. The number of amides is 1. The number of anilines is 1. The van der Waals surface area contributed by atoms with Gasteiger partial charge in [0.1, 0.15) is 29.1 Å². The van der Waals surface area contributed by atoms with Crippen LogP contribution in [0.25, 0.3) is 0 Å². The predicted octanol–water partition coefficient (Wildman–Crippen LogP) is 2.69. The lowest BCUT2D eigenvalue weighted by Crippen LogP contribution is -2.42. The molecular formula is C27H34N5O10P. The van der Waals surface area contributed by atoms with Gasteiger partial charge in [0.05, 0.1) is 18.8 Å². The van der Waals surface area contributed by atoms with Gasteiger partial charge in [-0.3, -0.25) is 23.5 Å². The van der Waals surface area contributed by atoms with Crippen LogP contribution in [0.4, 0.5) is 5.82 Å². The summed E-state index contributed by atoms with van der Waals surface area (Å²) in [6.07, 6.45) is -3.07. The smallest absolute Gasteiger partial charge is 0.459 e. The average molecular weight is 620 g/mol. The highest BCUT2D eigenvalue weighted by Crippen LogP contribution is 2.49. The van der Waals surface area contributed by atoms with Crippen molar-refractivity contribution in [3.8, 4) is 11.8 Å². The topological polar surface area (TPSA) is 197 Å². The average Bonchev–Trinajstić information content (AvgIpc) is 3.18. The van der Waals surface area contributed by atoms with Gasteiger partial charge in [0, 0.05) is 20.0 Å². The van der Waals surface area contributed by atoms with Gasteiger partial charge in [-0.15, -0.1) is 0 Å². The van der Waals surface area contributed by atoms with Gasteiger partial charge in [-0.05, 0) is 45.9 Å². The molecule has 0 saturated carbocycles. The predicted molar refractivity (Wildman–Crippen MR) is 150 cm³/mol. The van der Waals surface area contributed by atoms with Gasteiger partial charge >= 0.3 is 25.4 Å². The van der Waals surface area contributed by atoms with Crippen molar-refractivity contribution < 1.29 is 42.2 Å². The number of hydrogen-bond donors (Lipinski definition) is 2. The number of nitrogens with one attached hydrogen (secondary N) is 2. The van der Waals surface area contributed by atoms with Crippen molar-refractivity contribution in [3.63, 3.8) is 0 Å². The van der Waals surface area contributed by atoms with E-state index in [0.717, 1.165) is 11.5 Å². The van der Waals surface area contributed by atoms with Crippen LogP contribution in [-0.2, 0) is 37.7 Å². The number of carbonyl (C=O) groups is 3. The van der Waals surface area contributed by atoms with Crippen molar-refractivity contribution in [2.24, 2.45) is 5.41 Å². The van der Waals surface area contributed by atoms with E-state index >= 15 is 0 Å². The zero-order valence-electron chi connectivity index (χ0n) is 24.5. The number of nitrogens with zero attached hydrogens (tertiary/aromatic N) is 3. The van der Waals surface area contributed by atoms with Gasteiger partial charge in [-0.2, -0.15) is 15.3 Å². The molecule has 2 N–H and O–H groups in total. The first kappa shape index (κ1) is 33.4. The molecule has 3 unspecified atom stereocenters. The minimum absolute atomic E-state index is 0.0167. The molecule has 232 valence electrons. The van der Waals surface area contributed by atoms with E-state index in [4.69, 9.17) is 23.3 Å². The Bertz CT molecular complexity index is 1480. The summed E-state index contributed by atoms with van der Waals surface area (Å²) in [5.74, 6) is -1.77. The molecule has 1 aromatic heterocycles. The molecule has 2 aromatic rings. The zero-order valence-corrected chi connectivity index (χ0v) is 25.4. The van der Waals surface area contributed by atoms with Gasteiger partial charge in [0.15, 0.2) is 12.3 Å². The number of esters is 2. The number of ether oxygens (including phenoxy) is 3. The second-order valence-corrected chi connectivity index (χ2v) is 11.9. The highest BCUT2D eigenvalue weighted by Gasteiger charge is 2.58. The van der Waals surface area contributed by atoms with Gasteiger partial charge in [0.25, 0.3) is 0 Å². The lowest BCUT2D eigenvalue weighted by Gasteiger charge is -2.29. The van der Waals surface area contributed by atoms with Crippen molar-refractivity contribution in [2.45, 2.75) is 72.1 Å². The van der Waals surface area contributed by atoms with E-state index in [0.29, 0.717) is 0 Å². The molecule has 15 nitrogen and oxygen atoms in total. The standard InChI is InChI=1S/C27H34N5O10P/c1-16(2)39-24(35)17(3)31-43(37,42-20-10-8-7-9-11-20)38-14-21-23(40-19(5)34)27(6,15-28)25(41-21)32-13-12-22(29-18(4)33)30-26(32)36/h7-13,16-17,21,23,25H,14H2,1-6H3,(H,31,37)(H,29,30,33,36)/t17-,21?,23+,25?,27+,43?/m0/s1. The van der Waals surface area contributed by atoms with Crippen LogP contribution in [0.3, 0.4) is 0 Å². The lowest BCUT2D eigenvalue weighted by atomic mass is 9.83. The maximum absolute atomic E-state index is 13.9. The van der Waals surface area contributed by atoms with E-state index in [1.807, 2.05) is 0 Å². The maximum Gasteiger partial charge on any atom is 0.459 e. The monoisotopic (exact) mass is 619 g/mol. The molecule has 1 fully saturated rings. The molecule has 0 aliphatic carbocycles. The Balaban J connectivity index is 1.94. The molecule has 2 heterocycles. The third kappa shape index (κ3) is 8.48. The normalized spacial score (nSPS) is 23.4. The van der Waals surface area contributed by atoms with Crippen LogP contribution in [-0.4, -0.2) is 58.4 Å². The highest BCUT2D eigenvalue weighted by molar-refractivity contribution is 7.52. The SMILES string of the molecule is CC(=O)Nc1ccn(C2OC(COP(=O)(N[C@@H](C)C(=O)OC(C)C)Oc3ccccc3)[C@@H](OC(C)=O)[C@@]2(C)C#N)c(=O)n1. The molecule has 3 rings (SSSR count). The Hall–Kier alpha value is -4.09. The van der Waals surface area contributed by atoms with E-state index in [1.54, 1.807) is 32.0 Å². The van der Waals surface area contributed by atoms with E-state index < -0.39 is 73.9 Å². The van der Waals surface area contributed by atoms with Crippen LogP contribution < -0.4 is 20.6 Å². The summed E-state index contributed by atoms with van der Waals surface area (Å²) < 4.78 is 43.0. The number of para-hydroxylation sites is 1. The molecule has 1 aromatic carbocycles. The zero-order chi connectivity index (χ0) is 31.9. The quantitative estimate of drug-likeness (QED) is 0.260. The van der Waals surface area contributed by atoms with Crippen LogP contribution in [0.15, 0.2) is 47.4 Å². The molecule has 6 atom stereocenters. The molecular weight excluding hydrogens is 585 g/mol. The summed E-state index contributed by atoms with van der Waals surface area (Å²) in [5, 5.41) is 15.1. The van der Waals surface area contributed by atoms with Crippen LogP contribution in [0.2, 0.25) is 0 Å². The van der Waals surface area contributed by atoms with Crippen LogP contribution in [0.1, 0.15) is 47.8 Å². The third-order valence-corrected chi connectivity index (χ3v) is 7.74. The Morgan fingerprint density at radius 2 is 1.86 bits per heavy atom. The van der Waals surface area contributed by atoms with E-state index in [1.165, 1.54) is 45.2 Å². The molecule has 1 aliphatic heterocycles.